The Hall–Kier alpha value is -1.09. The van der Waals surface area contributed by atoms with Gasteiger partial charge in [-0.3, -0.25) is 10.3 Å². The van der Waals surface area contributed by atoms with Crippen molar-refractivity contribution < 1.29 is 13.6 Å². The van der Waals surface area contributed by atoms with Crippen LogP contribution in [0.25, 0.3) is 0 Å². The molecular weight excluding hydrogens is 292 g/mol. The van der Waals surface area contributed by atoms with Crippen molar-refractivity contribution in [1.29, 1.82) is 0 Å². The molecule has 0 saturated carbocycles. The van der Waals surface area contributed by atoms with E-state index in [1.807, 2.05) is 13.8 Å². The maximum atomic E-state index is 10.6. The van der Waals surface area contributed by atoms with E-state index in [9.17, 15) is 4.21 Å². The molecule has 0 spiro atoms. The van der Waals surface area contributed by atoms with Gasteiger partial charge in [0.15, 0.2) is 11.1 Å². The number of nitrogens with zero attached hydrogens (tertiary/aromatic N) is 2. The third-order valence-corrected chi connectivity index (χ3v) is 3.41. The summed E-state index contributed by atoms with van der Waals surface area (Å²) in [6, 6.07) is 0.181. The number of nitrogens with two attached hydrogens (primary N) is 1. The molecule has 0 aromatic heterocycles. The molecule has 0 saturated heterocycles. The minimum atomic E-state index is -1.74. The second-order valence-electron chi connectivity index (χ2n) is 4.43. The number of rotatable bonds is 11. The number of nitrogens with one attached hydrogen (secondary N) is 1. The summed E-state index contributed by atoms with van der Waals surface area (Å²) in [7, 11) is 0. The summed E-state index contributed by atoms with van der Waals surface area (Å²) in [4.78, 5) is 12.9. The fraction of sp³-hybridized carbons (Fsp3) is 0.692. The number of aliphatic imine (C=N–C) groups is 2. The second kappa shape index (κ2) is 12.6. The quantitative estimate of drug-likeness (QED) is 0.176. The third-order valence-electron chi connectivity index (χ3n) is 2.83. The summed E-state index contributed by atoms with van der Waals surface area (Å²) < 4.78 is 19.4. The van der Waals surface area contributed by atoms with Gasteiger partial charge in [0.05, 0.1) is 12.4 Å². The highest BCUT2D eigenvalue weighted by Gasteiger charge is 2.05. The average molecular weight is 318 g/mol. The monoisotopic (exact) mass is 318 g/mol. The molecule has 4 N–H and O–H groups in total. The zero-order valence-corrected chi connectivity index (χ0v) is 13.7. The summed E-state index contributed by atoms with van der Waals surface area (Å²) in [6.07, 6.45) is 5.52. The fourth-order valence-corrected chi connectivity index (χ4v) is 2.02. The van der Waals surface area contributed by atoms with E-state index < -0.39 is 11.1 Å². The Morgan fingerprint density at radius 2 is 2.24 bits per heavy atom. The first-order valence-corrected chi connectivity index (χ1v) is 8.21. The van der Waals surface area contributed by atoms with Gasteiger partial charge in [-0.05, 0) is 32.3 Å². The van der Waals surface area contributed by atoms with Gasteiger partial charge in [0, 0.05) is 11.8 Å². The molecular formula is C13H26N4O3S. The molecule has 0 aliphatic rings. The molecule has 0 aliphatic carbocycles. The first-order valence-electron chi connectivity index (χ1n) is 6.94. The molecule has 7 nitrogen and oxygen atoms in total. The molecule has 0 amide bonds. The molecule has 0 aromatic rings. The lowest BCUT2D eigenvalue weighted by atomic mass is 10.2. The fourth-order valence-electron chi connectivity index (χ4n) is 1.53. The Bertz CT molecular complexity index is 397. The van der Waals surface area contributed by atoms with Crippen LogP contribution in [-0.2, 0) is 15.9 Å². The van der Waals surface area contributed by atoms with E-state index in [4.69, 9.17) is 10.4 Å². The lowest BCUT2D eigenvalue weighted by Gasteiger charge is -2.13. The molecule has 0 aromatic carbocycles. The molecule has 0 radical (unpaired) electrons. The molecule has 2 unspecified atom stereocenters. The maximum Gasteiger partial charge on any atom is 0.152 e. The Kier molecular flexibility index (Phi) is 12.0. The first kappa shape index (κ1) is 19.9. The van der Waals surface area contributed by atoms with Crippen LogP contribution in [0, 0.1) is 0 Å². The summed E-state index contributed by atoms with van der Waals surface area (Å²) in [5.41, 5.74) is 0.824. The van der Waals surface area contributed by atoms with E-state index in [0.29, 0.717) is 18.8 Å². The molecule has 0 aliphatic heterocycles. The van der Waals surface area contributed by atoms with Gasteiger partial charge in [-0.1, -0.05) is 13.8 Å². The average Bonchev–Trinajstić information content (AvgIpc) is 2.48. The van der Waals surface area contributed by atoms with Crippen molar-refractivity contribution in [3.8, 4) is 0 Å². The van der Waals surface area contributed by atoms with E-state index in [1.54, 1.807) is 13.0 Å². The van der Waals surface area contributed by atoms with Crippen LogP contribution in [0.15, 0.2) is 21.8 Å². The smallest absolute Gasteiger partial charge is 0.152 e. The van der Waals surface area contributed by atoms with Crippen LogP contribution < -0.4 is 11.2 Å². The normalized spacial score (nSPS) is 16.2. The van der Waals surface area contributed by atoms with Crippen molar-refractivity contribution in [2.75, 3.05) is 12.4 Å². The predicted molar refractivity (Wildman–Crippen MR) is 87.6 cm³/mol. The van der Waals surface area contributed by atoms with Crippen molar-refractivity contribution in [3.63, 3.8) is 0 Å². The van der Waals surface area contributed by atoms with Crippen LogP contribution >= 0.6 is 0 Å². The standard InChI is InChI=1S/C13H26N4O3S/c1-4-12(6-7-21(18)19)16-9-15-10-17-13(5-2)8-11(3)20-14/h8,10,12,16H,4-7,9,14H2,1-3H3,(H,18,19)/b11-8+,15-10?,17-13?. The van der Waals surface area contributed by atoms with Crippen molar-refractivity contribution in [3.05, 3.63) is 11.8 Å². The highest BCUT2D eigenvalue weighted by molar-refractivity contribution is 7.79. The summed E-state index contributed by atoms with van der Waals surface area (Å²) in [6.45, 7) is 6.18. The van der Waals surface area contributed by atoms with E-state index in [2.05, 4.69) is 20.1 Å². The second-order valence-corrected chi connectivity index (χ2v) is 5.48. The SMILES string of the molecule is CCC(/C=C(\C)ON)=NC=NCNC(CC)CCS(=O)O. The van der Waals surface area contributed by atoms with Crippen molar-refractivity contribution in [2.45, 2.75) is 46.1 Å². The molecule has 0 rings (SSSR count). The van der Waals surface area contributed by atoms with Gasteiger partial charge in [-0.2, -0.15) is 5.90 Å². The molecule has 2 atom stereocenters. The molecule has 122 valence electrons. The van der Waals surface area contributed by atoms with E-state index in [1.165, 1.54) is 6.34 Å². The first-order chi connectivity index (χ1) is 10.0. The van der Waals surface area contributed by atoms with Crippen LogP contribution in [0.5, 0.6) is 0 Å². The van der Waals surface area contributed by atoms with Crippen molar-refractivity contribution in [1.82, 2.24) is 5.32 Å². The van der Waals surface area contributed by atoms with E-state index in [0.717, 1.165) is 18.6 Å². The molecule has 0 bridgehead atoms. The summed E-state index contributed by atoms with van der Waals surface area (Å²) in [5, 5.41) is 3.20. The summed E-state index contributed by atoms with van der Waals surface area (Å²) in [5.74, 6) is 5.91. The number of allylic oxidation sites excluding steroid dienone is 2. The summed E-state index contributed by atoms with van der Waals surface area (Å²) >= 11 is -1.74. The highest BCUT2D eigenvalue weighted by atomic mass is 32.2. The van der Waals surface area contributed by atoms with Crippen LogP contribution in [0.3, 0.4) is 0 Å². The molecule has 0 heterocycles. The van der Waals surface area contributed by atoms with Crippen LogP contribution in [0.1, 0.15) is 40.0 Å². The van der Waals surface area contributed by atoms with Gasteiger partial charge in [-0.25, -0.2) is 9.20 Å². The minimum Gasteiger partial charge on any atom is -0.416 e. The van der Waals surface area contributed by atoms with Gasteiger partial charge in [0.1, 0.15) is 12.1 Å². The van der Waals surface area contributed by atoms with Crippen LogP contribution in [-0.4, -0.2) is 39.3 Å². The van der Waals surface area contributed by atoms with E-state index in [-0.39, 0.29) is 11.8 Å². The lowest BCUT2D eigenvalue weighted by molar-refractivity contribution is 0.223. The van der Waals surface area contributed by atoms with Crippen molar-refractivity contribution in [2.24, 2.45) is 15.9 Å². The number of hydrogen-bond acceptors (Lipinski definition) is 5. The predicted octanol–water partition coefficient (Wildman–Crippen LogP) is 1.60. The maximum absolute atomic E-state index is 10.6. The van der Waals surface area contributed by atoms with Gasteiger partial charge in [0.25, 0.3) is 0 Å². The van der Waals surface area contributed by atoms with Crippen molar-refractivity contribution >= 4 is 23.1 Å². The Balaban J connectivity index is 4.21. The molecule has 0 fully saturated rings. The lowest BCUT2D eigenvalue weighted by Crippen LogP contribution is -2.30. The topological polar surface area (TPSA) is 109 Å². The van der Waals surface area contributed by atoms with Gasteiger partial charge in [-0.15, -0.1) is 0 Å². The number of hydrogen-bond donors (Lipinski definition) is 3. The Morgan fingerprint density at radius 1 is 1.52 bits per heavy atom. The molecule has 21 heavy (non-hydrogen) atoms. The zero-order valence-electron chi connectivity index (χ0n) is 12.9. The largest absolute Gasteiger partial charge is 0.416 e. The van der Waals surface area contributed by atoms with Gasteiger partial charge in [0.2, 0.25) is 0 Å². The van der Waals surface area contributed by atoms with Crippen LogP contribution in [0.4, 0.5) is 0 Å². The van der Waals surface area contributed by atoms with E-state index >= 15 is 0 Å². The Morgan fingerprint density at radius 3 is 2.76 bits per heavy atom. The van der Waals surface area contributed by atoms with Gasteiger partial charge < -0.3 is 9.39 Å². The molecule has 8 heteroatoms. The van der Waals surface area contributed by atoms with Crippen LogP contribution in [0.2, 0.25) is 0 Å². The third kappa shape index (κ3) is 11.3. The van der Waals surface area contributed by atoms with Gasteiger partial charge >= 0.3 is 0 Å². The highest BCUT2D eigenvalue weighted by Crippen LogP contribution is 1.98. The Labute approximate surface area is 129 Å². The zero-order chi connectivity index (χ0) is 16.1. The minimum absolute atomic E-state index is 0.181.